The number of rotatable bonds is 1. The molecular formula is C19H19N3O. The molecule has 2 amide bonds. The number of amides is 2. The molecule has 0 atom stereocenters. The average molecular weight is 305 g/mol. The summed E-state index contributed by atoms with van der Waals surface area (Å²) in [6.45, 7) is 4.63. The van der Waals surface area contributed by atoms with Crippen LogP contribution in [0.15, 0.2) is 42.6 Å². The first kappa shape index (κ1) is 15.1. The fourth-order valence-electron chi connectivity index (χ4n) is 2.57. The standard InChI is InChI=1S/C13H15N3O.C6H4/c1-5-10-7-6-8-14-11(10)16-9-13(2,3)15(4)12(16)17;1-2-5-4-6(5)3-1/h1,6-8H,9H2,2-4H3;1-4H. The van der Waals surface area contributed by atoms with Gasteiger partial charge in [-0.25, -0.2) is 9.78 Å². The first-order chi connectivity index (χ1) is 10.9. The van der Waals surface area contributed by atoms with Gasteiger partial charge in [0.2, 0.25) is 0 Å². The first-order valence-electron chi connectivity index (χ1n) is 7.51. The molecule has 1 aromatic rings. The lowest BCUT2D eigenvalue weighted by atomic mass is 10.1. The van der Waals surface area contributed by atoms with E-state index in [0.717, 1.165) is 0 Å². The summed E-state index contributed by atoms with van der Waals surface area (Å²) in [7, 11) is 1.79. The van der Waals surface area contributed by atoms with Crippen LogP contribution in [0.4, 0.5) is 10.6 Å². The van der Waals surface area contributed by atoms with E-state index in [4.69, 9.17) is 6.42 Å². The third kappa shape index (κ3) is 2.78. The van der Waals surface area contributed by atoms with Crippen LogP contribution in [0.25, 0.3) is 11.1 Å². The van der Waals surface area contributed by atoms with E-state index in [1.807, 2.05) is 13.8 Å². The molecule has 0 saturated carbocycles. The molecule has 1 aromatic heterocycles. The highest BCUT2D eigenvalue weighted by atomic mass is 16.2. The maximum atomic E-state index is 12.1. The van der Waals surface area contributed by atoms with Crippen molar-refractivity contribution in [2.24, 2.45) is 0 Å². The third-order valence-corrected chi connectivity index (χ3v) is 4.28. The van der Waals surface area contributed by atoms with Crippen molar-refractivity contribution in [2.75, 3.05) is 18.5 Å². The lowest BCUT2D eigenvalue weighted by molar-refractivity contribution is 0.198. The van der Waals surface area contributed by atoms with Gasteiger partial charge in [-0.15, -0.1) is 6.42 Å². The number of terminal acetylenes is 1. The third-order valence-electron chi connectivity index (χ3n) is 4.28. The molecule has 0 bridgehead atoms. The molecule has 2 aliphatic carbocycles. The summed E-state index contributed by atoms with van der Waals surface area (Å²) in [5, 5.41) is 0. The molecular weight excluding hydrogens is 286 g/mol. The van der Waals surface area contributed by atoms with Gasteiger partial charge in [-0.1, -0.05) is 24.1 Å². The van der Waals surface area contributed by atoms with E-state index >= 15 is 0 Å². The summed E-state index contributed by atoms with van der Waals surface area (Å²) < 4.78 is 0. The van der Waals surface area contributed by atoms with Crippen molar-refractivity contribution in [1.29, 1.82) is 0 Å². The molecule has 116 valence electrons. The Morgan fingerprint density at radius 3 is 2.35 bits per heavy atom. The fourth-order valence-corrected chi connectivity index (χ4v) is 2.57. The van der Waals surface area contributed by atoms with Crippen LogP contribution in [-0.4, -0.2) is 35.0 Å². The van der Waals surface area contributed by atoms with E-state index < -0.39 is 0 Å². The van der Waals surface area contributed by atoms with Gasteiger partial charge in [0.05, 0.1) is 17.6 Å². The summed E-state index contributed by atoms with van der Waals surface area (Å²) in [5.74, 6) is 3.13. The Bertz CT molecular complexity index is 787. The zero-order valence-corrected chi connectivity index (χ0v) is 13.6. The zero-order chi connectivity index (χ0) is 16.6. The van der Waals surface area contributed by atoms with Gasteiger partial charge in [0.1, 0.15) is 0 Å². The minimum absolute atomic E-state index is 0.0646. The largest absolute Gasteiger partial charge is 0.326 e. The minimum atomic E-state index is -0.208. The predicted octanol–water partition coefficient (Wildman–Crippen LogP) is 3.38. The molecule has 0 aromatic carbocycles. The fraction of sp³-hybridized carbons (Fsp3) is 0.263. The highest BCUT2D eigenvalue weighted by Crippen LogP contribution is 2.32. The topological polar surface area (TPSA) is 36.4 Å². The van der Waals surface area contributed by atoms with Crippen LogP contribution in [0.2, 0.25) is 0 Å². The van der Waals surface area contributed by atoms with E-state index in [-0.39, 0.29) is 11.6 Å². The van der Waals surface area contributed by atoms with Crippen LogP contribution in [0.3, 0.4) is 0 Å². The normalized spacial score (nSPS) is 16.5. The van der Waals surface area contributed by atoms with Crippen molar-refractivity contribution >= 4 is 11.8 Å². The number of carbonyl (C=O) groups is 1. The number of carbonyl (C=O) groups excluding carboxylic acids is 1. The molecule has 3 aliphatic rings. The van der Waals surface area contributed by atoms with Gasteiger partial charge in [0.25, 0.3) is 0 Å². The molecule has 4 rings (SSSR count). The van der Waals surface area contributed by atoms with Crippen molar-refractivity contribution in [2.45, 2.75) is 19.4 Å². The molecule has 4 heteroatoms. The quantitative estimate of drug-likeness (QED) is 0.646. The van der Waals surface area contributed by atoms with Gasteiger partial charge in [-0.05, 0) is 43.2 Å². The molecule has 2 heterocycles. The smallest absolute Gasteiger partial charge is 0.320 e. The summed E-state index contributed by atoms with van der Waals surface area (Å²) in [6, 6.07) is 12.0. The second-order valence-corrected chi connectivity index (χ2v) is 6.34. The summed E-state index contributed by atoms with van der Waals surface area (Å²) >= 11 is 0. The Balaban J connectivity index is 0.000000213. The molecule has 0 spiro atoms. The van der Waals surface area contributed by atoms with Gasteiger partial charge < -0.3 is 4.90 Å². The van der Waals surface area contributed by atoms with Gasteiger partial charge in [0.15, 0.2) is 5.82 Å². The molecule has 0 radical (unpaired) electrons. The lowest BCUT2D eigenvalue weighted by Crippen LogP contribution is -2.38. The molecule has 0 unspecified atom stereocenters. The molecule has 4 nitrogen and oxygen atoms in total. The van der Waals surface area contributed by atoms with Crippen LogP contribution < -0.4 is 4.90 Å². The Morgan fingerprint density at radius 1 is 1.22 bits per heavy atom. The maximum absolute atomic E-state index is 12.1. The average Bonchev–Trinajstić information content (AvgIpc) is 3.10. The number of fused-ring (bicyclic) bond motifs is 1. The van der Waals surface area contributed by atoms with Crippen molar-refractivity contribution in [3.63, 3.8) is 0 Å². The zero-order valence-electron chi connectivity index (χ0n) is 13.6. The summed E-state index contributed by atoms with van der Waals surface area (Å²) in [5.41, 5.74) is 3.29. The predicted molar refractivity (Wildman–Crippen MR) is 92.2 cm³/mol. The molecule has 0 N–H and O–H groups in total. The first-order valence-corrected chi connectivity index (χ1v) is 7.51. The highest BCUT2D eigenvalue weighted by Gasteiger charge is 2.42. The van der Waals surface area contributed by atoms with Crippen LogP contribution >= 0.6 is 0 Å². The number of pyridine rings is 1. The lowest BCUT2D eigenvalue weighted by Gasteiger charge is -2.24. The Hall–Kier alpha value is -2.80. The number of nitrogens with zero attached hydrogens (tertiary/aromatic N) is 3. The van der Waals surface area contributed by atoms with Crippen molar-refractivity contribution in [3.8, 4) is 23.5 Å². The minimum Gasteiger partial charge on any atom is -0.320 e. The van der Waals surface area contributed by atoms with E-state index in [2.05, 4.69) is 35.2 Å². The van der Waals surface area contributed by atoms with Crippen LogP contribution in [0, 0.1) is 12.3 Å². The molecule has 1 aliphatic heterocycles. The number of aromatic nitrogens is 1. The number of urea groups is 1. The molecule has 1 saturated heterocycles. The molecule has 23 heavy (non-hydrogen) atoms. The van der Waals surface area contributed by atoms with Crippen LogP contribution in [-0.2, 0) is 0 Å². The van der Waals surface area contributed by atoms with Gasteiger partial charge in [-0.3, -0.25) is 4.90 Å². The van der Waals surface area contributed by atoms with Crippen LogP contribution in [0.1, 0.15) is 19.4 Å². The van der Waals surface area contributed by atoms with Gasteiger partial charge in [0, 0.05) is 13.2 Å². The highest BCUT2D eigenvalue weighted by molar-refractivity contribution is 5.95. The number of hydrogen-bond acceptors (Lipinski definition) is 2. The van der Waals surface area contributed by atoms with E-state index in [1.165, 1.54) is 11.1 Å². The number of benzene rings is 1. The Morgan fingerprint density at radius 2 is 1.91 bits per heavy atom. The number of anilines is 1. The van der Waals surface area contributed by atoms with E-state index in [1.54, 1.807) is 35.2 Å². The van der Waals surface area contributed by atoms with Crippen molar-refractivity contribution < 1.29 is 4.79 Å². The monoisotopic (exact) mass is 305 g/mol. The van der Waals surface area contributed by atoms with Gasteiger partial charge in [-0.2, -0.15) is 0 Å². The second kappa shape index (κ2) is 5.44. The Kier molecular flexibility index (Phi) is 3.57. The molecule has 1 fully saturated rings. The maximum Gasteiger partial charge on any atom is 0.326 e. The number of likely N-dealkylation sites (N-methyl/N-ethyl adjacent to an activating group) is 1. The van der Waals surface area contributed by atoms with Crippen molar-refractivity contribution in [1.82, 2.24) is 9.88 Å². The van der Waals surface area contributed by atoms with Crippen molar-refractivity contribution in [3.05, 3.63) is 48.2 Å². The number of hydrogen-bond donors (Lipinski definition) is 0. The summed E-state index contributed by atoms with van der Waals surface area (Å²) in [6.07, 6.45) is 7.07. The van der Waals surface area contributed by atoms with E-state index in [0.29, 0.717) is 17.9 Å². The summed E-state index contributed by atoms with van der Waals surface area (Å²) in [4.78, 5) is 19.7. The SMILES string of the molecule is C#Cc1cccnc1N1CC(C)(C)N(C)C1=O.c1cc2cc-2c1. The van der Waals surface area contributed by atoms with Crippen LogP contribution in [0.5, 0.6) is 0 Å². The Labute approximate surface area is 136 Å². The second-order valence-electron chi connectivity index (χ2n) is 6.34. The van der Waals surface area contributed by atoms with Gasteiger partial charge >= 0.3 is 6.03 Å². The van der Waals surface area contributed by atoms with E-state index in [9.17, 15) is 4.79 Å².